The van der Waals surface area contributed by atoms with Crippen LogP contribution in [0.1, 0.15) is 19.8 Å². The Labute approximate surface area is 138 Å². The van der Waals surface area contributed by atoms with Gasteiger partial charge in [0.1, 0.15) is 17.6 Å². The summed E-state index contributed by atoms with van der Waals surface area (Å²) in [6, 6.07) is 5.34. The first-order chi connectivity index (χ1) is 11.4. The zero-order valence-corrected chi connectivity index (χ0v) is 13.3. The third-order valence-electron chi connectivity index (χ3n) is 3.44. The van der Waals surface area contributed by atoms with Crippen molar-refractivity contribution in [3.63, 3.8) is 0 Å². The van der Waals surface area contributed by atoms with Crippen molar-refractivity contribution in [2.24, 2.45) is 0 Å². The number of likely N-dealkylation sites (tertiary alicyclic amines) is 1. The highest BCUT2D eigenvalue weighted by Crippen LogP contribution is 2.26. The molecule has 8 heteroatoms. The molecule has 1 saturated heterocycles. The minimum atomic E-state index is -4.69. The molecule has 0 aliphatic carbocycles. The fourth-order valence-corrected chi connectivity index (χ4v) is 2.37. The summed E-state index contributed by atoms with van der Waals surface area (Å²) in [5.41, 5.74) is 0. The van der Waals surface area contributed by atoms with Gasteiger partial charge in [-0.25, -0.2) is 0 Å². The second-order valence-electron chi connectivity index (χ2n) is 5.43. The summed E-state index contributed by atoms with van der Waals surface area (Å²) in [5.74, 6) is 0.0386. The Bertz CT molecular complexity index is 527. The topological polar surface area (TPSA) is 48.0 Å². The van der Waals surface area contributed by atoms with Gasteiger partial charge in [-0.3, -0.25) is 9.69 Å². The quantitative estimate of drug-likeness (QED) is 0.677. The van der Waals surface area contributed by atoms with E-state index in [0.29, 0.717) is 18.8 Å². The summed E-state index contributed by atoms with van der Waals surface area (Å²) in [5, 5.41) is 0. The summed E-state index contributed by atoms with van der Waals surface area (Å²) < 4.78 is 50.5. The Kier molecular flexibility index (Phi) is 6.30. The number of hydrogen-bond acceptors (Lipinski definition) is 5. The van der Waals surface area contributed by atoms with Gasteiger partial charge >= 0.3 is 12.3 Å². The zero-order valence-electron chi connectivity index (χ0n) is 13.3. The van der Waals surface area contributed by atoms with Gasteiger partial charge in [0, 0.05) is 19.5 Å². The molecule has 1 aliphatic heterocycles. The molecule has 5 nitrogen and oxygen atoms in total. The normalized spacial score (nSPS) is 15.7. The Hall–Kier alpha value is -1.96. The molecule has 2 rings (SSSR count). The van der Waals surface area contributed by atoms with Crippen LogP contribution in [0.4, 0.5) is 13.2 Å². The van der Waals surface area contributed by atoms with Gasteiger partial charge in [-0.15, -0.1) is 13.2 Å². The van der Waals surface area contributed by atoms with E-state index in [1.807, 2.05) is 0 Å². The van der Waals surface area contributed by atoms with Gasteiger partial charge in [-0.2, -0.15) is 0 Å². The van der Waals surface area contributed by atoms with E-state index in [1.54, 1.807) is 6.92 Å². The zero-order chi connectivity index (χ0) is 17.6. The van der Waals surface area contributed by atoms with Crippen LogP contribution in [-0.4, -0.2) is 49.6 Å². The van der Waals surface area contributed by atoms with Crippen molar-refractivity contribution in [1.82, 2.24) is 4.90 Å². The van der Waals surface area contributed by atoms with E-state index in [-0.39, 0.29) is 17.8 Å². The average molecular weight is 347 g/mol. The Balaban J connectivity index is 1.63. The van der Waals surface area contributed by atoms with E-state index in [2.05, 4.69) is 9.64 Å². The number of alkyl halides is 3. The molecular formula is C16H20F3NO4. The van der Waals surface area contributed by atoms with E-state index < -0.39 is 6.36 Å². The highest BCUT2D eigenvalue weighted by molar-refractivity contribution is 5.69. The number of benzene rings is 1. The Morgan fingerprint density at radius 3 is 2.42 bits per heavy atom. The lowest BCUT2D eigenvalue weighted by Crippen LogP contribution is -2.53. The largest absolute Gasteiger partial charge is 0.573 e. The van der Waals surface area contributed by atoms with Crippen molar-refractivity contribution >= 4 is 5.97 Å². The van der Waals surface area contributed by atoms with Crippen molar-refractivity contribution in [2.75, 3.05) is 26.2 Å². The van der Waals surface area contributed by atoms with Crippen LogP contribution in [0.2, 0.25) is 0 Å². The smallest absolute Gasteiger partial charge is 0.488 e. The van der Waals surface area contributed by atoms with Gasteiger partial charge < -0.3 is 14.2 Å². The van der Waals surface area contributed by atoms with Crippen molar-refractivity contribution < 1.29 is 32.2 Å². The highest BCUT2D eigenvalue weighted by Gasteiger charge is 2.31. The first-order valence-corrected chi connectivity index (χ1v) is 7.76. The van der Waals surface area contributed by atoms with Gasteiger partial charge in [0.25, 0.3) is 0 Å². The molecule has 134 valence electrons. The molecule has 0 amide bonds. The van der Waals surface area contributed by atoms with Gasteiger partial charge in [0.05, 0.1) is 6.61 Å². The fourth-order valence-electron chi connectivity index (χ4n) is 2.37. The number of hydrogen-bond donors (Lipinski definition) is 0. The van der Waals surface area contributed by atoms with Crippen LogP contribution in [0.5, 0.6) is 11.5 Å². The molecule has 0 N–H and O–H groups in total. The summed E-state index contributed by atoms with van der Waals surface area (Å²) in [6.07, 6.45) is -3.56. The molecule has 0 atom stereocenters. The van der Waals surface area contributed by atoms with E-state index >= 15 is 0 Å². The summed E-state index contributed by atoms with van der Waals surface area (Å²) in [6.45, 7) is 4.41. The van der Waals surface area contributed by atoms with E-state index in [9.17, 15) is 18.0 Å². The summed E-state index contributed by atoms with van der Waals surface area (Å²) >= 11 is 0. The molecule has 0 unspecified atom stereocenters. The van der Waals surface area contributed by atoms with Crippen molar-refractivity contribution in [2.45, 2.75) is 32.2 Å². The Morgan fingerprint density at radius 2 is 1.83 bits per heavy atom. The number of carbonyl (C=O) groups excluding carboxylic acids is 1. The molecule has 0 saturated carbocycles. The molecule has 1 aromatic rings. The molecule has 0 bridgehead atoms. The number of esters is 1. The maximum absolute atomic E-state index is 12.1. The second kappa shape index (κ2) is 8.23. The number of carbonyl (C=O) groups is 1. The van der Waals surface area contributed by atoms with Crippen LogP contribution >= 0.6 is 0 Å². The third-order valence-corrected chi connectivity index (χ3v) is 3.44. The van der Waals surface area contributed by atoms with Gasteiger partial charge in [-0.05, 0) is 44.2 Å². The van der Waals surface area contributed by atoms with Gasteiger partial charge in [0.15, 0.2) is 0 Å². The molecule has 0 spiro atoms. The monoisotopic (exact) mass is 347 g/mol. The predicted molar refractivity (Wildman–Crippen MR) is 79.8 cm³/mol. The average Bonchev–Trinajstić information content (AvgIpc) is 2.45. The van der Waals surface area contributed by atoms with Crippen LogP contribution in [0, 0.1) is 0 Å². The lowest BCUT2D eigenvalue weighted by Gasteiger charge is -2.39. The molecular weight excluding hydrogens is 327 g/mol. The van der Waals surface area contributed by atoms with Gasteiger partial charge in [-0.1, -0.05) is 0 Å². The van der Waals surface area contributed by atoms with E-state index in [0.717, 1.165) is 26.1 Å². The molecule has 1 fully saturated rings. The van der Waals surface area contributed by atoms with Crippen LogP contribution in [0.25, 0.3) is 0 Å². The number of ether oxygens (including phenoxy) is 3. The maximum Gasteiger partial charge on any atom is 0.573 e. The van der Waals surface area contributed by atoms with Crippen LogP contribution in [-0.2, 0) is 9.53 Å². The standard InChI is InChI=1S/C16H20F3NO4/c1-2-22-15(21)4-3-9-20-10-14(11-20)23-12-5-7-13(8-6-12)24-16(17,18)19/h5-8,14H,2-4,9-11H2,1H3. The van der Waals surface area contributed by atoms with E-state index in [1.165, 1.54) is 24.3 Å². The SMILES string of the molecule is CCOC(=O)CCCN1CC(Oc2ccc(OC(F)(F)F)cc2)C1. The minimum absolute atomic E-state index is 0.00183. The Morgan fingerprint density at radius 1 is 1.21 bits per heavy atom. The second-order valence-corrected chi connectivity index (χ2v) is 5.43. The minimum Gasteiger partial charge on any atom is -0.488 e. The third kappa shape index (κ3) is 6.27. The maximum atomic E-state index is 12.1. The molecule has 24 heavy (non-hydrogen) atoms. The van der Waals surface area contributed by atoms with E-state index in [4.69, 9.17) is 9.47 Å². The van der Waals surface area contributed by atoms with Crippen LogP contribution in [0.3, 0.4) is 0 Å². The number of halogens is 3. The highest BCUT2D eigenvalue weighted by atomic mass is 19.4. The van der Waals surface area contributed by atoms with Crippen molar-refractivity contribution in [3.8, 4) is 11.5 Å². The molecule has 1 aliphatic rings. The van der Waals surface area contributed by atoms with Gasteiger partial charge in [0.2, 0.25) is 0 Å². The van der Waals surface area contributed by atoms with Crippen molar-refractivity contribution in [1.29, 1.82) is 0 Å². The summed E-state index contributed by atoms with van der Waals surface area (Å²) in [7, 11) is 0. The molecule has 1 heterocycles. The number of rotatable bonds is 8. The van der Waals surface area contributed by atoms with Crippen LogP contribution < -0.4 is 9.47 Å². The number of nitrogens with zero attached hydrogens (tertiary/aromatic N) is 1. The fraction of sp³-hybridized carbons (Fsp3) is 0.562. The molecule has 0 radical (unpaired) electrons. The van der Waals surface area contributed by atoms with Crippen LogP contribution in [0.15, 0.2) is 24.3 Å². The summed E-state index contributed by atoms with van der Waals surface area (Å²) in [4.78, 5) is 13.3. The first kappa shape index (κ1) is 18.4. The lowest BCUT2D eigenvalue weighted by molar-refractivity contribution is -0.274. The molecule has 1 aromatic carbocycles. The van der Waals surface area contributed by atoms with Crippen molar-refractivity contribution in [3.05, 3.63) is 24.3 Å². The predicted octanol–water partition coefficient (Wildman–Crippen LogP) is 2.99. The molecule has 0 aromatic heterocycles. The first-order valence-electron chi connectivity index (χ1n) is 7.76. The lowest BCUT2D eigenvalue weighted by atomic mass is 10.1.